The van der Waals surface area contributed by atoms with Gasteiger partial charge in [-0.05, 0) is 61.2 Å². The van der Waals surface area contributed by atoms with Crippen molar-refractivity contribution in [2.75, 3.05) is 35.9 Å². The molecular formula is C29H37F3N6O4S. The predicted octanol–water partition coefficient (Wildman–Crippen LogP) is 5.90. The van der Waals surface area contributed by atoms with Gasteiger partial charge in [-0.3, -0.25) is 14.3 Å². The number of alkyl halides is 3. The van der Waals surface area contributed by atoms with Gasteiger partial charge in [-0.15, -0.1) is 0 Å². The molecule has 10 nitrogen and oxygen atoms in total. The van der Waals surface area contributed by atoms with Crippen LogP contribution < -0.4 is 14.8 Å². The number of ether oxygens (including phenoxy) is 1. The first-order valence-electron chi connectivity index (χ1n) is 14.1. The molecule has 234 valence electrons. The number of piperidine rings is 1. The lowest BCUT2D eigenvalue weighted by Gasteiger charge is -2.38. The van der Waals surface area contributed by atoms with E-state index in [1.165, 1.54) is 7.05 Å². The van der Waals surface area contributed by atoms with Gasteiger partial charge >= 0.3 is 12.2 Å². The van der Waals surface area contributed by atoms with E-state index in [0.717, 1.165) is 48.6 Å². The van der Waals surface area contributed by atoms with Crippen LogP contribution in [0.5, 0.6) is 11.5 Å². The zero-order valence-corrected chi connectivity index (χ0v) is 25.2. The van der Waals surface area contributed by atoms with E-state index >= 15 is 0 Å². The molecule has 1 aromatic heterocycles. The molecule has 3 aromatic rings. The van der Waals surface area contributed by atoms with Gasteiger partial charge in [-0.25, -0.2) is 13.2 Å². The van der Waals surface area contributed by atoms with Crippen molar-refractivity contribution in [1.82, 2.24) is 19.6 Å². The maximum atomic E-state index is 13.5. The Bertz CT molecular complexity index is 1470. The Morgan fingerprint density at radius 1 is 1.07 bits per heavy atom. The Morgan fingerprint density at radius 2 is 1.67 bits per heavy atom. The van der Waals surface area contributed by atoms with Crippen molar-refractivity contribution >= 4 is 27.4 Å². The van der Waals surface area contributed by atoms with Crippen molar-refractivity contribution in [2.45, 2.75) is 51.4 Å². The zero-order chi connectivity index (χ0) is 31.2. The SMILES string of the molecule is CCCCN(C(=O)Nc1cnn(C)c1C(F)(F)F)C1CCN(Cc2ccc(Oc3ccc(NS(C)(=O)=O)cc3)cc2)CC1. The standard InChI is InChI=1S/C29H37F3N6O4S/c1-4-5-16-38(28(39)34-26-19-33-36(2)27(26)29(30,31)32)23-14-17-37(18-15-23)20-21-6-10-24(11-7-21)42-25-12-8-22(9-13-25)35-43(3,40)41/h6-13,19,23,35H,4-5,14-18,20H2,1-3H3,(H,34,39). The number of carbonyl (C=O) groups is 1. The summed E-state index contributed by atoms with van der Waals surface area (Å²) in [6, 6.07) is 13.7. The molecule has 0 bridgehead atoms. The molecule has 1 aliphatic rings. The first-order chi connectivity index (χ1) is 20.3. The highest BCUT2D eigenvalue weighted by atomic mass is 32.2. The van der Waals surface area contributed by atoms with Crippen molar-refractivity contribution in [2.24, 2.45) is 7.05 Å². The van der Waals surface area contributed by atoms with Gasteiger partial charge in [0.05, 0.1) is 18.1 Å². The summed E-state index contributed by atoms with van der Waals surface area (Å²) in [4.78, 5) is 17.1. The number of urea groups is 1. The predicted molar refractivity (Wildman–Crippen MR) is 159 cm³/mol. The van der Waals surface area contributed by atoms with Gasteiger partial charge in [-0.2, -0.15) is 18.3 Å². The number of sulfonamides is 1. The van der Waals surface area contributed by atoms with E-state index < -0.39 is 27.9 Å². The van der Waals surface area contributed by atoms with Crippen LogP contribution in [0.15, 0.2) is 54.7 Å². The molecule has 1 fully saturated rings. The minimum absolute atomic E-state index is 0.0800. The largest absolute Gasteiger partial charge is 0.457 e. The number of amides is 2. The lowest BCUT2D eigenvalue weighted by molar-refractivity contribution is -0.143. The molecule has 1 aliphatic heterocycles. The normalized spacial score (nSPS) is 14.8. The Balaban J connectivity index is 1.30. The Kier molecular flexibility index (Phi) is 10.2. The number of hydrogen-bond acceptors (Lipinski definition) is 6. The molecule has 2 aromatic carbocycles. The van der Waals surface area contributed by atoms with Gasteiger partial charge in [0.25, 0.3) is 0 Å². The third kappa shape index (κ3) is 9.10. The van der Waals surface area contributed by atoms with Crippen LogP contribution >= 0.6 is 0 Å². The minimum Gasteiger partial charge on any atom is -0.457 e. The summed E-state index contributed by atoms with van der Waals surface area (Å²) in [7, 11) is -2.15. The Morgan fingerprint density at radius 3 is 2.23 bits per heavy atom. The van der Waals surface area contributed by atoms with Crippen LogP contribution in [0, 0.1) is 0 Å². The van der Waals surface area contributed by atoms with Crippen LogP contribution in [0.3, 0.4) is 0 Å². The number of aryl methyl sites for hydroxylation is 1. The van der Waals surface area contributed by atoms with E-state index in [1.54, 1.807) is 29.2 Å². The monoisotopic (exact) mass is 622 g/mol. The molecule has 0 spiro atoms. The average molecular weight is 623 g/mol. The summed E-state index contributed by atoms with van der Waals surface area (Å²) in [5.74, 6) is 1.22. The second-order valence-corrected chi connectivity index (χ2v) is 12.4. The fourth-order valence-electron chi connectivity index (χ4n) is 5.08. The molecule has 43 heavy (non-hydrogen) atoms. The first-order valence-corrected chi connectivity index (χ1v) is 16.0. The van der Waals surface area contributed by atoms with Gasteiger partial charge in [0.15, 0.2) is 5.69 Å². The summed E-state index contributed by atoms with van der Waals surface area (Å²) < 4.78 is 72.2. The zero-order valence-electron chi connectivity index (χ0n) is 24.4. The number of halogens is 3. The third-order valence-electron chi connectivity index (χ3n) is 7.18. The molecule has 4 rings (SSSR count). The molecule has 1 saturated heterocycles. The van der Waals surface area contributed by atoms with Crippen LogP contribution in [0.1, 0.15) is 43.9 Å². The van der Waals surface area contributed by atoms with Crippen molar-refractivity contribution in [1.29, 1.82) is 0 Å². The topological polar surface area (TPSA) is 109 Å². The van der Waals surface area contributed by atoms with E-state index in [0.29, 0.717) is 43.1 Å². The minimum atomic E-state index is -4.64. The summed E-state index contributed by atoms with van der Waals surface area (Å²) in [6.07, 6.45) is 0.516. The summed E-state index contributed by atoms with van der Waals surface area (Å²) in [5, 5.41) is 6.15. The molecule has 2 heterocycles. The van der Waals surface area contributed by atoms with E-state index in [1.807, 2.05) is 31.2 Å². The number of unbranched alkanes of at least 4 members (excludes halogenated alkanes) is 1. The lowest BCUT2D eigenvalue weighted by atomic mass is 10.0. The summed E-state index contributed by atoms with van der Waals surface area (Å²) in [5.41, 5.74) is 0.220. The molecule has 0 atom stereocenters. The summed E-state index contributed by atoms with van der Waals surface area (Å²) >= 11 is 0. The third-order valence-corrected chi connectivity index (χ3v) is 7.79. The van der Waals surface area contributed by atoms with E-state index in [2.05, 4.69) is 20.0 Å². The van der Waals surface area contributed by atoms with Crippen LogP contribution in [-0.4, -0.2) is 66.0 Å². The van der Waals surface area contributed by atoms with E-state index in [9.17, 15) is 26.4 Å². The fraction of sp³-hybridized carbons (Fsp3) is 0.448. The highest BCUT2D eigenvalue weighted by Crippen LogP contribution is 2.34. The van der Waals surface area contributed by atoms with Crippen molar-refractivity contribution in [3.8, 4) is 11.5 Å². The van der Waals surface area contributed by atoms with Gasteiger partial charge in [0, 0.05) is 45.0 Å². The number of benzene rings is 2. The highest BCUT2D eigenvalue weighted by molar-refractivity contribution is 7.92. The van der Waals surface area contributed by atoms with Crippen LogP contribution in [0.25, 0.3) is 0 Å². The number of rotatable bonds is 11. The highest BCUT2D eigenvalue weighted by Gasteiger charge is 2.38. The number of anilines is 2. The molecule has 0 saturated carbocycles. The number of nitrogens with zero attached hydrogens (tertiary/aromatic N) is 4. The smallest absolute Gasteiger partial charge is 0.435 e. The number of hydrogen-bond donors (Lipinski definition) is 2. The van der Waals surface area contributed by atoms with Gasteiger partial charge in [-0.1, -0.05) is 25.5 Å². The van der Waals surface area contributed by atoms with E-state index in [4.69, 9.17) is 4.74 Å². The first kappa shape index (κ1) is 32.1. The van der Waals surface area contributed by atoms with Crippen LogP contribution in [-0.2, 0) is 29.8 Å². The number of nitrogens with one attached hydrogen (secondary N) is 2. The second-order valence-electron chi connectivity index (χ2n) is 10.7. The molecule has 0 radical (unpaired) electrons. The van der Waals surface area contributed by atoms with E-state index in [-0.39, 0.29) is 11.7 Å². The van der Waals surface area contributed by atoms with Crippen LogP contribution in [0.4, 0.5) is 29.3 Å². The maximum Gasteiger partial charge on any atom is 0.435 e. The number of aromatic nitrogens is 2. The van der Waals surface area contributed by atoms with Gasteiger partial charge in [0.2, 0.25) is 10.0 Å². The van der Waals surface area contributed by atoms with Crippen molar-refractivity contribution < 1.29 is 31.1 Å². The fourth-order valence-corrected chi connectivity index (χ4v) is 5.65. The molecule has 14 heteroatoms. The molecule has 0 unspecified atom stereocenters. The average Bonchev–Trinajstić information content (AvgIpc) is 3.31. The Hall–Kier alpha value is -3.78. The van der Waals surface area contributed by atoms with Crippen LogP contribution in [0.2, 0.25) is 0 Å². The molecule has 2 amide bonds. The Labute approximate surface area is 249 Å². The van der Waals surface area contributed by atoms with Crippen molar-refractivity contribution in [3.05, 3.63) is 66.0 Å². The number of likely N-dealkylation sites (tertiary alicyclic amines) is 1. The van der Waals surface area contributed by atoms with Crippen molar-refractivity contribution in [3.63, 3.8) is 0 Å². The lowest BCUT2D eigenvalue weighted by Crippen LogP contribution is -2.49. The maximum absolute atomic E-state index is 13.5. The molecular weight excluding hydrogens is 585 g/mol. The second kappa shape index (κ2) is 13.7. The molecule has 2 N–H and O–H groups in total. The number of carbonyl (C=O) groups excluding carboxylic acids is 1. The quantitative estimate of drug-likeness (QED) is 0.276. The van der Waals surface area contributed by atoms with Gasteiger partial charge in [0.1, 0.15) is 11.5 Å². The molecule has 0 aliphatic carbocycles. The summed E-state index contributed by atoms with van der Waals surface area (Å²) in [6.45, 7) is 4.67. The van der Waals surface area contributed by atoms with Gasteiger partial charge < -0.3 is 15.0 Å².